The summed E-state index contributed by atoms with van der Waals surface area (Å²) in [6.07, 6.45) is 0.348. The van der Waals surface area contributed by atoms with E-state index in [4.69, 9.17) is 0 Å². The van der Waals surface area contributed by atoms with Gasteiger partial charge < -0.3 is 10.3 Å². The summed E-state index contributed by atoms with van der Waals surface area (Å²) in [7, 11) is 0. The third-order valence-corrected chi connectivity index (χ3v) is 3.82. The van der Waals surface area contributed by atoms with Gasteiger partial charge in [-0.2, -0.15) is 0 Å². The maximum atomic E-state index is 12.2. The number of hydrogen-bond acceptors (Lipinski definition) is 2. The van der Waals surface area contributed by atoms with Gasteiger partial charge in [-0.1, -0.05) is 12.1 Å². The monoisotopic (exact) mass is 293 g/mol. The van der Waals surface area contributed by atoms with Crippen LogP contribution >= 0.6 is 0 Å². The predicted molar refractivity (Wildman–Crippen MR) is 89.1 cm³/mol. The largest absolute Gasteiger partial charge is 0.342 e. The van der Waals surface area contributed by atoms with Crippen LogP contribution in [0.1, 0.15) is 22.5 Å². The van der Waals surface area contributed by atoms with Gasteiger partial charge in [0.15, 0.2) is 0 Å². The summed E-state index contributed by atoms with van der Waals surface area (Å²) in [5.74, 6) is 0.866. The number of imidazole rings is 1. The van der Waals surface area contributed by atoms with E-state index in [1.54, 1.807) is 0 Å². The Bertz CT molecular complexity index is 849. The zero-order valence-corrected chi connectivity index (χ0v) is 13.0. The van der Waals surface area contributed by atoms with Crippen molar-refractivity contribution in [2.75, 3.05) is 5.32 Å². The molecular formula is C18H19N3O. The van der Waals surface area contributed by atoms with Crippen LogP contribution in [0.15, 0.2) is 36.4 Å². The van der Waals surface area contributed by atoms with E-state index in [0.717, 1.165) is 28.1 Å². The molecule has 0 saturated heterocycles. The molecule has 0 aliphatic heterocycles. The number of hydrogen-bond donors (Lipinski definition) is 2. The van der Waals surface area contributed by atoms with Gasteiger partial charge in [-0.3, -0.25) is 4.79 Å². The Hall–Kier alpha value is -2.62. The van der Waals surface area contributed by atoms with Crippen molar-refractivity contribution in [3.8, 4) is 0 Å². The number of carbonyl (C=O) groups is 1. The molecule has 1 aromatic heterocycles. The minimum Gasteiger partial charge on any atom is -0.342 e. The quantitative estimate of drug-likeness (QED) is 0.774. The second-order valence-electron chi connectivity index (χ2n) is 5.70. The van der Waals surface area contributed by atoms with Gasteiger partial charge in [-0.15, -0.1) is 0 Å². The normalized spacial score (nSPS) is 10.9. The van der Waals surface area contributed by atoms with Gasteiger partial charge in [-0.05, 0) is 61.7 Å². The molecule has 0 aliphatic carbocycles. The van der Waals surface area contributed by atoms with Crippen molar-refractivity contribution in [2.45, 2.75) is 27.2 Å². The van der Waals surface area contributed by atoms with Crippen molar-refractivity contribution in [3.05, 3.63) is 58.9 Å². The highest BCUT2D eigenvalue weighted by atomic mass is 16.1. The van der Waals surface area contributed by atoms with Crippen LogP contribution in [-0.4, -0.2) is 15.9 Å². The lowest BCUT2D eigenvalue weighted by Gasteiger charge is -2.08. The lowest BCUT2D eigenvalue weighted by molar-refractivity contribution is -0.115. The first-order valence-electron chi connectivity index (χ1n) is 7.33. The number of aromatic amines is 1. The molecule has 3 aromatic rings. The number of H-pyrrole nitrogens is 1. The van der Waals surface area contributed by atoms with Crippen LogP contribution < -0.4 is 5.32 Å². The van der Waals surface area contributed by atoms with Gasteiger partial charge in [0.2, 0.25) is 5.91 Å². The Kier molecular flexibility index (Phi) is 3.67. The van der Waals surface area contributed by atoms with E-state index in [-0.39, 0.29) is 5.91 Å². The van der Waals surface area contributed by atoms with Gasteiger partial charge in [0.25, 0.3) is 0 Å². The first-order chi connectivity index (χ1) is 10.5. The number of benzene rings is 2. The summed E-state index contributed by atoms with van der Waals surface area (Å²) in [4.78, 5) is 19.7. The highest BCUT2D eigenvalue weighted by Crippen LogP contribution is 2.16. The molecule has 3 rings (SSSR count). The molecule has 0 spiro atoms. The second-order valence-corrected chi connectivity index (χ2v) is 5.70. The first kappa shape index (κ1) is 14.3. The minimum atomic E-state index is -0.0150. The molecule has 0 aliphatic rings. The fraction of sp³-hybridized carbons (Fsp3) is 0.222. The summed E-state index contributed by atoms with van der Waals surface area (Å²) in [5, 5.41) is 2.95. The number of carbonyl (C=O) groups excluding carboxylic acids is 1. The SMILES string of the molecule is Cc1nc2ccc(CC(=O)Nc3ccc(C)c(C)c3)cc2[nH]1. The van der Waals surface area contributed by atoms with Gasteiger partial charge in [-0.25, -0.2) is 4.98 Å². The van der Waals surface area contributed by atoms with E-state index < -0.39 is 0 Å². The lowest BCUT2D eigenvalue weighted by Crippen LogP contribution is -2.14. The van der Waals surface area contributed by atoms with Gasteiger partial charge in [0, 0.05) is 5.69 Å². The standard InChI is InChI=1S/C18H19N3O/c1-11-4-6-15(8-12(11)2)21-18(22)10-14-5-7-16-17(9-14)20-13(3)19-16/h4-9H,10H2,1-3H3,(H,19,20)(H,21,22). The topological polar surface area (TPSA) is 57.8 Å². The van der Waals surface area contributed by atoms with Crippen LogP contribution in [0, 0.1) is 20.8 Å². The molecule has 22 heavy (non-hydrogen) atoms. The molecule has 2 N–H and O–H groups in total. The number of aromatic nitrogens is 2. The minimum absolute atomic E-state index is 0.0150. The average Bonchev–Trinajstić information content (AvgIpc) is 2.82. The molecule has 1 heterocycles. The molecule has 0 atom stereocenters. The molecule has 4 heteroatoms. The van der Waals surface area contributed by atoms with Crippen LogP contribution in [0.2, 0.25) is 0 Å². The number of anilines is 1. The van der Waals surface area contributed by atoms with Crippen LogP contribution in [0.3, 0.4) is 0 Å². The van der Waals surface area contributed by atoms with Gasteiger partial charge in [0.1, 0.15) is 5.82 Å². The third kappa shape index (κ3) is 3.01. The number of nitrogens with one attached hydrogen (secondary N) is 2. The molecular weight excluding hydrogens is 274 g/mol. The van der Waals surface area contributed by atoms with E-state index in [1.807, 2.05) is 50.2 Å². The van der Waals surface area contributed by atoms with Crippen LogP contribution in [0.25, 0.3) is 11.0 Å². The van der Waals surface area contributed by atoms with Crippen LogP contribution in [-0.2, 0) is 11.2 Å². The number of fused-ring (bicyclic) bond motifs is 1. The van der Waals surface area contributed by atoms with Crippen molar-refractivity contribution in [3.63, 3.8) is 0 Å². The molecule has 0 fully saturated rings. The molecule has 2 aromatic carbocycles. The smallest absolute Gasteiger partial charge is 0.228 e. The Balaban J connectivity index is 1.73. The fourth-order valence-electron chi connectivity index (χ4n) is 2.50. The highest BCUT2D eigenvalue weighted by Gasteiger charge is 2.07. The third-order valence-electron chi connectivity index (χ3n) is 3.82. The number of nitrogens with zero attached hydrogens (tertiary/aromatic N) is 1. The predicted octanol–water partition coefficient (Wildman–Crippen LogP) is 3.67. The van der Waals surface area contributed by atoms with Crippen molar-refractivity contribution in [2.24, 2.45) is 0 Å². The molecule has 0 radical (unpaired) electrons. The first-order valence-corrected chi connectivity index (χ1v) is 7.33. The highest BCUT2D eigenvalue weighted by molar-refractivity contribution is 5.93. The van der Waals surface area contributed by atoms with Crippen molar-refractivity contribution < 1.29 is 4.79 Å². The number of rotatable bonds is 3. The Morgan fingerprint density at radius 3 is 2.68 bits per heavy atom. The fourth-order valence-corrected chi connectivity index (χ4v) is 2.50. The Morgan fingerprint density at radius 1 is 1.09 bits per heavy atom. The Labute approximate surface area is 129 Å². The van der Waals surface area contributed by atoms with Crippen molar-refractivity contribution >= 4 is 22.6 Å². The van der Waals surface area contributed by atoms with E-state index >= 15 is 0 Å². The molecule has 0 saturated carbocycles. The zero-order valence-electron chi connectivity index (χ0n) is 13.0. The molecule has 1 amide bonds. The van der Waals surface area contributed by atoms with E-state index in [2.05, 4.69) is 22.2 Å². The lowest BCUT2D eigenvalue weighted by atomic mass is 10.1. The maximum absolute atomic E-state index is 12.2. The van der Waals surface area contributed by atoms with Crippen molar-refractivity contribution in [1.82, 2.24) is 9.97 Å². The summed E-state index contributed by atoms with van der Waals surface area (Å²) in [6, 6.07) is 11.8. The molecule has 0 unspecified atom stereocenters. The molecule has 0 bridgehead atoms. The van der Waals surface area contributed by atoms with Crippen LogP contribution in [0.4, 0.5) is 5.69 Å². The second kappa shape index (κ2) is 5.64. The summed E-state index contributed by atoms with van der Waals surface area (Å²) in [5.41, 5.74) is 6.10. The summed E-state index contributed by atoms with van der Waals surface area (Å²) in [6.45, 7) is 6.02. The maximum Gasteiger partial charge on any atom is 0.228 e. The van der Waals surface area contributed by atoms with Crippen molar-refractivity contribution in [1.29, 1.82) is 0 Å². The van der Waals surface area contributed by atoms with Gasteiger partial charge >= 0.3 is 0 Å². The van der Waals surface area contributed by atoms with E-state index in [1.165, 1.54) is 11.1 Å². The zero-order chi connectivity index (χ0) is 15.7. The number of amides is 1. The van der Waals surface area contributed by atoms with Crippen LogP contribution in [0.5, 0.6) is 0 Å². The van der Waals surface area contributed by atoms with Gasteiger partial charge in [0.05, 0.1) is 17.5 Å². The summed E-state index contributed by atoms with van der Waals surface area (Å²) >= 11 is 0. The number of aryl methyl sites for hydroxylation is 3. The summed E-state index contributed by atoms with van der Waals surface area (Å²) < 4.78 is 0. The Morgan fingerprint density at radius 2 is 1.91 bits per heavy atom. The van der Waals surface area contributed by atoms with E-state index in [0.29, 0.717) is 6.42 Å². The molecule has 112 valence electrons. The molecule has 4 nitrogen and oxygen atoms in total. The average molecular weight is 293 g/mol. The van der Waals surface area contributed by atoms with E-state index in [9.17, 15) is 4.79 Å².